The number of rotatable bonds is 11. The van der Waals surface area contributed by atoms with E-state index in [2.05, 4.69) is 17.2 Å². The quantitative estimate of drug-likeness (QED) is 0.115. The summed E-state index contributed by atoms with van der Waals surface area (Å²) in [4.78, 5) is 79.2. The molecule has 2 heterocycles. The first-order valence-corrected chi connectivity index (χ1v) is 18.1. The van der Waals surface area contributed by atoms with E-state index < -0.39 is 4.92 Å². The van der Waals surface area contributed by atoms with Crippen LogP contribution in [0.1, 0.15) is 92.8 Å². The van der Waals surface area contributed by atoms with Gasteiger partial charge in [0.05, 0.1) is 35.0 Å². The zero-order chi connectivity index (χ0) is 44.5. The highest BCUT2D eigenvalue weighted by Crippen LogP contribution is 2.25. The molecule has 4 rings (SSSR count). The second kappa shape index (κ2) is 32.4. The van der Waals surface area contributed by atoms with Crippen LogP contribution in [0.4, 0.5) is 0 Å². The van der Waals surface area contributed by atoms with E-state index in [-0.39, 0.29) is 35.7 Å². The summed E-state index contributed by atoms with van der Waals surface area (Å²) in [6, 6.07) is 20.5. The molecule has 2 aromatic carbocycles. The molecule has 3 aromatic rings. The lowest BCUT2D eigenvalue weighted by Gasteiger charge is -2.22. The van der Waals surface area contributed by atoms with E-state index in [1.165, 1.54) is 17.3 Å². The summed E-state index contributed by atoms with van der Waals surface area (Å²) in [7, 11) is 0. The van der Waals surface area contributed by atoms with Crippen LogP contribution < -0.4 is 5.32 Å². The maximum absolute atomic E-state index is 11.6. The average molecular weight is 805 g/mol. The Bertz CT molecular complexity index is 1880. The van der Waals surface area contributed by atoms with Gasteiger partial charge < -0.3 is 14.8 Å². The van der Waals surface area contributed by atoms with E-state index >= 15 is 0 Å². The molecular formula is C42H52N4O12. The van der Waals surface area contributed by atoms with Gasteiger partial charge >= 0.3 is 24.2 Å². The minimum absolute atomic E-state index is 0.0179. The Morgan fingerprint density at radius 3 is 1.76 bits per heavy atom. The standard InChI is InChI=1S/C12H19NO2.C12H17NO2.C8H9NO2.C8H7NO2.2CO2/c2*1-5-10-7-11(12(14)15-6-2)9(4)13-8(10)3;2*10-9(11)7-6-8-4-2-1-3-5-8;2*2-1-3/h13H,5-7H2,1-4H3;7H,5-6H2,1-4H3;1-5H,6-7H2;1-7H;;/b;;;7-6+;;. The van der Waals surface area contributed by atoms with Gasteiger partial charge in [-0.15, -0.1) is 0 Å². The number of aromatic nitrogens is 1. The van der Waals surface area contributed by atoms with Crippen molar-refractivity contribution in [3.8, 4) is 0 Å². The molecule has 58 heavy (non-hydrogen) atoms. The Balaban J connectivity index is 0. The van der Waals surface area contributed by atoms with Crippen LogP contribution >= 0.6 is 0 Å². The van der Waals surface area contributed by atoms with E-state index in [4.69, 9.17) is 28.7 Å². The minimum atomic E-state index is -0.479. The summed E-state index contributed by atoms with van der Waals surface area (Å²) < 4.78 is 9.99. The van der Waals surface area contributed by atoms with E-state index in [1.54, 1.807) is 19.1 Å². The molecule has 1 aliphatic heterocycles. The van der Waals surface area contributed by atoms with Crippen molar-refractivity contribution >= 4 is 30.3 Å². The molecule has 1 N–H and O–H groups in total. The van der Waals surface area contributed by atoms with E-state index in [9.17, 15) is 29.8 Å². The molecule has 0 atom stereocenters. The van der Waals surface area contributed by atoms with E-state index in [1.807, 2.05) is 96.1 Å². The molecule has 0 saturated carbocycles. The topological polar surface area (TPSA) is 232 Å². The number of carbonyl (C=O) groups excluding carboxylic acids is 6. The molecule has 312 valence electrons. The third-order valence-corrected chi connectivity index (χ3v) is 7.70. The van der Waals surface area contributed by atoms with Crippen molar-refractivity contribution < 1.29 is 48.1 Å². The smallest absolute Gasteiger partial charge is 0.373 e. The van der Waals surface area contributed by atoms with Crippen LogP contribution in [-0.2, 0) is 46.3 Å². The zero-order valence-electron chi connectivity index (χ0n) is 34.2. The number of aryl methyl sites for hydroxylation is 3. The van der Waals surface area contributed by atoms with Gasteiger partial charge in [-0.05, 0) is 82.7 Å². The summed E-state index contributed by atoms with van der Waals surface area (Å²) in [5, 5.41) is 23.1. The Hall–Kier alpha value is -6.89. The van der Waals surface area contributed by atoms with Gasteiger partial charge in [-0.3, -0.25) is 25.2 Å². The number of hydrogen-bond acceptors (Lipinski definition) is 14. The number of dihydropyridines is 1. The number of esters is 2. The normalized spacial score (nSPS) is 10.9. The first kappa shape index (κ1) is 53.2. The number of benzene rings is 2. The van der Waals surface area contributed by atoms with Crippen LogP contribution in [0.15, 0.2) is 95.5 Å². The highest BCUT2D eigenvalue weighted by Gasteiger charge is 2.21. The van der Waals surface area contributed by atoms with Gasteiger partial charge in [-0.2, -0.15) is 19.2 Å². The predicted molar refractivity (Wildman–Crippen MR) is 214 cm³/mol. The van der Waals surface area contributed by atoms with Gasteiger partial charge in [-0.25, -0.2) is 9.59 Å². The first-order chi connectivity index (χ1) is 27.6. The highest BCUT2D eigenvalue weighted by atomic mass is 16.6. The van der Waals surface area contributed by atoms with Crippen molar-refractivity contribution in [1.82, 2.24) is 10.3 Å². The first-order valence-electron chi connectivity index (χ1n) is 18.1. The molecule has 0 radical (unpaired) electrons. The molecule has 0 unspecified atom stereocenters. The summed E-state index contributed by atoms with van der Waals surface area (Å²) in [6.07, 6.45) is 5.98. The van der Waals surface area contributed by atoms with Gasteiger partial charge in [0.1, 0.15) is 0 Å². The Morgan fingerprint density at radius 1 is 0.776 bits per heavy atom. The van der Waals surface area contributed by atoms with Crippen LogP contribution in [0.5, 0.6) is 0 Å². The van der Waals surface area contributed by atoms with Crippen molar-refractivity contribution in [1.29, 1.82) is 0 Å². The lowest BCUT2D eigenvalue weighted by Crippen LogP contribution is -2.23. The van der Waals surface area contributed by atoms with E-state index in [0.717, 1.165) is 64.8 Å². The van der Waals surface area contributed by atoms with Crippen molar-refractivity contribution in [2.75, 3.05) is 19.8 Å². The third-order valence-electron chi connectivity index (χ3n) is 7.70. The fourth-order valence-corrected chi connectivity index (χ4v) is 4.87. The average Bonchev–Trinajstić information content (AvgIpc) is 3.19. The molecule has 0 bridgehead atoms. The largest absolute Gasteiger partial charge is 0.463 e. The maximum atomic E-state index is 11.6. The predicted octanol–water partition coefficient (Wildman–Crippen LogP) is 7.21. The number of nitro groups is 2. The van der Waals surface area contributed by atoms with Gasteiger partial charge in [0.25, 0.3) is 0 Å². The van der Waals surface area contributed by atoms with Crippen LogP contribution in [0.25, 0.3) is 6.08 Å². The summed E-state index contributed by atoms with van der Waals surface area (Å²) in [5.74, 6) is -0.474. The molecule has 0 saturated heterocycles. The molecule has 1 aromatic heterocycles. The van der Waals surface area contributed by atoms with Crippen molar-refractivity contribution in [3.63, 3.8) is 0 Å². The van der Waals surface area contributed by atoms with Gasteiger partial charge in [-0.1, -0.05) is 74.5 Å². The third kappa shape index (κ3) is 23.8. The molecule has 1 aliphatic rings. The number of nitrogens with zero attached hydrogens (tertiary/aromatic N) is 3. The number of ether oxygens (including phenoxy) is 2. The van der Waals surface area contributed by atoms with Gasteiger partial charge in [0, 0.05) is 40.9 Å². The second-order valence-corrected chi connectivity index (χ2v) is 11.6. The van der Waals surface area contributed by atoms with Crippen molar-refractivity contribution in [2.45, 2.75) is 81.1 Å². The number of hydrogen-bond donors (Lipinski definition) is 1. The summed E-state index contributed by atoms with van der Waals surface area (Å²) in [6.45, 7) is 16.4. The molecule has 16 nitrogen and oxygen atoms in total. The lowest BCUT2D eigenvalue weighted by atomic mass is 9.96. The SMILES string of the molecule is CCOC(=O)C1=C(C)NC(C)=C(CC)C1.CCOC(=O)c1cc(CC)c(C)nc1C.O=C=O.O=C=O.O=[N+]([O-])/C=C/c1ccccc1.O=[N+]([O-])CCc1ccccc1. The number of pyridine rings is 1. The van der Waals surface area contributed by atoms with Crippen LogP contribution in [0, 0.1) is 34.1 Å². The number of nitrogens with one attached hydrogen (secondary N) is 1. The lowest BCUT2D eigenvalue weighted by molar-refractivity contribution is -0.479. The van der Waals surface area contributed by atoms with Crippen molar-refractivity contribution in [3.05, 3.63) is 149 Å². The van der Waals surface area contributed by atoms with E-state index in [0.29, 0.717) is 25.2 Å². The Morgan fingerprint density at radius 2 is 1.29 bits per heavy atom. The van der Waals surface area contributed by atoms with Crippen LogP contribution in [0.3, 0.4) is 0 Å². The monoisotopic (exact) mass is 804 g/mol. The van der Waals surface area contributed by atoms with Crippen LogP contribution in [-0.4, -0.2) is 58.8 Å². The Labute approximate surface area is 338 Å². The number of allylic oxidation sites excluding steroid dienone is 3. The Kier molecular flexibility index (Phi) is 29.7. The van der Waals surface area contributed by atoms with Crippen LogP contribution in [0.2, 0.25) is 0 Å². The van der Waals surface area contributed by atoms with Crippen molar-refractivity contribution in [2.24, 2.45) is 0 Å². The second-order valence-electron chi connectivity index (χ2n) is 11.6. The zero-order valence-corrected chi connectivity index (χ0v) is 34.2. The maximum Gasteiger partial charge on any atom is 0.373 e. The fourth-order valence-electron chi connectivity index (χ4n) is 4.87. The molecule has 0 amide bonds. The minimum Gasteiger partial charge on any atom is -0.463 e. The summed E-state index contributed by atoms with van der Waals surface area (Å²) >= 11 is 0. The molecule has 0 aliphatic carbocycles. The van der Waals surface area contributed by atoms with Gasteiger partial charge in [0.2, 0.25) is 12.7 Å². The highest BCUT2D eigenvalue weighted by molar-refractivity contribution is 5.91. The number of carbonyl (C=O) groups is 2. The molecule has 16 heteroatoms. The molecule has 0 fully saturated rings. The molecule has 0 spiro atoms. The fraction of sp³-hybridized carbons (Fsp3) is 0.357. The van der Waals surface area contributed by atoms with Gasteiger partial charge in [0.15, 0.2) is 0 Å². The molecular weight excluding hydrogens is 752 g/mol. The summed E-state index contributed by atoms with van der Waals surface area (Å²) in [5.41, 5.74) is 9.40.